The number of rotatable bonds is 12. The van der Waals surface area contributed by atoms with Crippen LogP contribution in [-0.2, 0) is 22.6 Å². The quantitative estimate of drug-likeness (QED) is 0.520. The van der Waals surface area contributed by atoms with E-state index in [0.29, 0.717) is 0 Å². The SMILES string of the molecule is CCCCOCCCNCc1ccc(OC)c(CN2CCOCC2)c1.Cl.Cl. The van der Waals surface area contributed by atoms with Gasteiger partial charge in [-0.3, -0.25) is 4.90 Å². The van der Waals surface area contributed by atoms with Crippen molar-refractivity contribution < 1.29 is 14.2 Å². The van der Waals surface area contributed by atoms with Crippen LogP contribution >= 0.6 is 24.8 Å². The fourth-order valence-corrected chi connectivity index (χ4v) is 2.95. The summed E-state index contributed by atoms with van der Waals surface area (Å²) in [5, 5.41) is 3.51. The molecule has 0 unspecified atom stereocenters. The van der Waals surface area contributed by atoms with E-state index in [-0.39, 0.29) is 24.8 Å². The summed E-state index contributed by atoms with van der Waals surface area (Å²) < 4.78 is 16.6. The molecule has 1 fully saturated rings. The van der Waals surface area contributed by atoms with Gasteiger partial charge in [-0.25, -0.2) is 0 Å². The minimum atomic E-state index is 0. The molecular formula is C20H36Cl2N2O3. The zero-order chi connectivity index (χ0) is 17.7. The fraction of sp³-hybridized carbons (Fsp3) is 0.700. The molecule has 0 atom stereocenters. The van der Waals surface area contributed by atoms with Crippen LogP contribution in [0.4, 0.5) is 0 Å². The smallest absolute Gasteiger partial charge is 0.123 e. The van der Waals surface area contributed by atoms with Gasteiger partial charge in [-0.1, -0.05) is 19.4 Å². The third-order valence-corrected chi connectivity index (χ3v) is 4.46. The Kier molecular flexibility index (Phi) is 16.1. The molecular weight excluding hydrogens is 387 g/mol. The normalized spacial score (nSPS) is 14.3. The average Bonchev–Trinajstić information content (AvgIpc) is 2.65. The highest BCUT2D eigenvalue weighted by Gasteiger charge is 2.13. The molecule has 2 rings (SSSR count). The number of halogens is 2. The maximum absolute atomic E-state index is 5.59. The number of morpholine rings is 1. The summed E-state index contributed by atoms with van der Waals surface area (Å²) in [6.07, 6.45) is 3.41. The topological polar surface area (TPSA) is 43.0 Å². The van der Waals surface area contributed by atoms with E-state index >= 15 is 0 Å². The van der Waals surface area contributed by atoms with Crippen LogP contribution in [0.3, 0.4) is 0 Å². The number of nitrogens with zero attached hydrogens (tertiary/aromatic N) is 1. The van der Waals surface area contributed by atoms with Gasteiger partial charge in [0, 0.05) is 45.0 Å². The van der Waals surface area contributed by atoms with Crippen molar-refractivity contribution in [3.8, 4) is 5.75 Å². The maximum atomic E-state index is 5.59. The van der Waals surface area contributed by atoms with Crippen molar-refractivity contribution in [2.24, 2.45) is 0 Å². The standard InChI is InChI=1S/C20H34N2O3.2ClH/c1-3-4-11-24-12-5-8-21-16-18-6-7-20(23-2)19(15-18)17-22-9-13-25-14-10-22;;/h6-7,15,21H,3-5,8-14,16-17H2,1-2H3;2*1H. The number of benzene rings is 1. The van der Waals surface area contributed by atoms with Gasteiger partial charge in [-0.2, -0.15) is 0 Å². The Bertz CT molecular complexity index is 486. The van der Waals surface area contributed by atoms with Crippen molar-refractivity contribution in [1.29, 1.82) is 0 Å². The van der Waals surface area contributed by atoms with Gasteiger partial charge in [0.25, 0.3) is 0 Å². The summed E-state index contributed by atoms with van der Waals surface area (Å²) in [5.74, 6) is 0.972. The zero-order valence-corrected chi connectivity index (χ0v) is 18.3. The van der Waals surface area contributed by atoms with E-state index in [2.05, 4.69) is 35.3 Å². The first-order valence-electron chi connectivity index (χ1n) is 9.58. The minimum Gasteiger partial charge on any atom is -0.496 e. The Morgan fingerprint density at radius 2 is 1.85 bits per heavy atom. The Balaban J connectivity index is 0.00000338. The first kappa shape index (κ1) is 26.4. The third-order valence-electron chi connectivity index (χ3n) is 4.46. The lowest BCUT2D eigenvalue weighted by atomic mass is 10.1. The molecule has 0 aromatic heterocycles. The molecule has 1 aromatic rings. The van der Waals surface area contributed by atoms with Gasteiger partial charge in [0.1, 0.15) is 5.75 Å². The van der Waals surface area contributed by atoms with Gasteiger partial charge < -0.3 is 19.5 Å². The van der Waals surface area contributed by atoms with Crippen LogP contribution in [-0.4, -0.2) is 58.1 Å². The summed E-state index contributed by atoms with van der Waals surface area (Å²) in [5.41, 5.74) is 2.56. The molecule has 158 valence electrons. The second-order valence-electron chi connectivity index (χ2n) is 6.53. The van der Waals surface area contributed by atoms with Crippen molar-refractivity contribution in [3.05, 3.63) is 29.3 Å². The van der Waals surface area contributed by atoms with Crippen LogP contribution in [0.15, 0.2) is 18.2 Å². The Labute approximate surface area is 176 Å². The van der Waals surface area contributed by atoms with Crippen LogP contribution < -0.4 is 10.1 Å². The third kappa shape index (κ3) is 10.5. The Morgan fingerprint density at radius 3 is 2.56 bits per heavy atom. The molecule has 0 spiro atoms. The van der Waals surface area contributed by atoms with E-state index in [1.807, 2.05) is 0 Å². The highest BCUT2D eigenvalue weighted by Crippen LogP contribution is 2.22. The Hall–Kier alpha value is -0.560. The lowest BCUT2D eigenvalue weighted by Gasteiger charge is -2.27. The molecule has 1 aliphatic heterocycles. The van der Waals surface area contributed by atoms with Crippen molar-refractivity contribution in [2.75, 3.05) is 53.2 Å². The molecule has 1 aromatic carbocycles. The molecule has 5 nitrogen and oxygen atoms in total. The van der Waals surface area contributed by atoms with Gasteiger partial charge in [-0.15, -0.1) is 24.8 Å². The highest BCUT2D eigenvalue weighted by atomic mass is 35.5. The van der Waals surface area contributed by atoms with E-state index in [4.69, 9.17) is 14.2 Å². The van der Waals surface area contributed by atoms with Crippen LogP contribution in [0.25, 0.3) is 0 Å². The van der Waals surface area contributed by atoms with Gasteiger partial charge in [0.15, 0.2) is 0 Å². The van der Waals surface area contributed by atoms with E-state index < -0.39 is 0 Å². The first-order valence-corrected chi connectivity index (χ1v) is 9.58. The lowest BCUT2D eigenvalue weighted by molar-refractivity contribution is 0.0339. The minimum absolute atomic E-state index is 0. The lowest BCUT2D eigenvalue weighted by Crippen LogP contribution is -2.35. The molecule has 1 heterocycles. The molecule has 0 aliphatic carbocycles. The Morgan fingerprint density at radius 1 is 1.11 bits per heavy atom. The molecule has 1 aliphatic rings. The summed E-state index contributed by atoms with van der Waals surface area (Å²) in [7, 11) is 1.74. The highest BCUT2D eigenvalue weighted by molar-refractivity contribution is 5.85. The van der Waals surface area contributed by atoms with E-state index in [0.717, 1.165) is 77.7 Å². The van der Waals surface area contributed by atoms with Crippen molar-refractivity contribution in [2.45, 2.75) is 39.3 Å². The van der Waals surface area contributed by atoms with E-state index in [1.54, 1.807) is 7.11 Å². The summed E-state index contributed by atoms with van der Waals surface area (Å²) in [4.78, 5) is 2.42. The number of nitrogens with one attached hydrogen (secondary N) is 1. The molecule has 0 radical (unpaired) electrons. The van der Waals surface area contributed by atoms with Crippen molar-refractivity contribution in [1.82, 2.24) is 10.2 Å². The van der Waals surface area contributed by atoms with Gasteiger partial charge >= 0.3 is 0 Å². The fourth-order valence-electron chi connectivity index (χ4n) is 2.95. The second-order valence-corrected chi connectivity index (χ2v) is 6.53. The number of hydrogen-bond donors (Lipinski definition) is 1. The number of hydrogen-bond acceptors (Lipinski definition) is 5. The predicted molar refractivity (Wildman–Crippen MR) is 116 cm³/mol. The van der Waals surface area contributed by atoms with Crippen molar-refractivity contribution >= 4 is 24.8 Å². The summed E-state index contributed by atoms with van der Waals surface area (Å²) >= 11 is 0. The molecule has 0 bridgehead atoms. The number of unbranched alkanes of at least 4 members (excludes halogenated alkanes) is 1. The van der Waals surface area contributed by atoms with Crippen LogP contribution in [0.2, 0.25) is 0 Å². The molecule has 1 N–H and O–H groups in total. The average molecular weight is 423 g/mol. The first-order chi connectivity index (χ1) is 12.3. The van der Waals surface area contributed by atoms with Gasteiger partial charge in [0.2, 0.25) is 0 Å². The van der Waals surface area contributed by atoms with E-state index in [9.17, 15) is 0 Å². The largest absolute Gasteiger partial charge is 0.496 e. The van der Waals surface area contributed by atoms with Crippen molar-refractivity contribution in [3.63, 3.8) is 0 Å². The van der Waals surface area contributed by atoms with Crippen LogP contribution in [0.1, 0.15) is 37.3 Å². The molecule has 27 heavy (non-hydrogen) atoms. The summed E-state index contributed by atoms with van der Waals surface area (Å²) in [6.45, 7) is 10.3. The molecule has 1 saturated heterocycles. The molecule has 0 saturated carbocycles. The second kappa shape index (κ2) is 16.4. The maximum Gasteiger partial charge on any atom is 0.123 e. The predicted octanol–water partition coefficient (Wildman–Crippen LogP) is 3.67. The van der Waals surface area contributed by atoms with Gasteiger partial charge in [0.05, 0.1) is 20.3 Å². The van der Waals surface area contributed by atoms with Crippen LogP contribution in [0, 0.1) is 0 Å². The van der Waals surface area contributed by atoms with E-state index in [1.165, 1.54) is 17.5 Å². The zero-order valence-electron chi connectivity index (χ0n) is 16.7. The molecule has 0 amide bonds. The number of ether oxygens (including phenoxy) is 3. The van der Waals surface area contributed by atoms with Crippen LogP contribution in [0.5, 0.6) is 5.75 Å². The monoisotopic (exact) mass is 422 g/mol. The number of methoxy groups -OCH3 is 1. The molecule has 7 heteroatoms. The van der Waals surface area contributed by atoms with Gasteiger partial charge in [-0.05, 0) is 37.1 Å². The summed E-state index contributed by atoms with van der Waals surface area (Å²) in [6, 6.07) is 6.49.